The van der Waals surface area contributed by atoms with E-state index in [1.807, 2.05) is 6.07 Å². The van der Waals surface area contributed by atoms with Crippen molar-refractivity contribution in [2.45, 2.75) is 42.8 Å². The highest BCUT2D eigenvalue weighted by molar-refractivity contribution is 8.00. The molecule has 0 radical (unpaired) electrons. The minimum atomic E-state index is -0.539. The standard InChI is InChI=1S/C36H34N4O5S2/c1-22(33(41)40-36-28(21-37)27-14-7-8-15-32(27)47-36)46-26-13-9-12-25(20-26)38-35(43)29(39-34(42)24-10-5-4-6-11-24)18-23-16-17-30(44-2)31(19-23)45-3/h4-6,9-13,16-20,22H,7-8,14-15H2,1-3H3,(H,38,43)(H,39,42)(H,40,41)/b29-18+. The lowest BCUT2D eigenvalue weighted by atomic mass is 9.96. The molecule has 0 bridgehead atoms. The Balaban J connectivity index is 1.31. The smallest absolute Gasteiger partial charge is 0.272 e. The number of amides is 3. The van der Waals surface area contributed by atoms with E-state index in [0.29, 0.717) is 38.9 Å². The minimum Gasteiger partial charge on any atom is -0.493 e. The molecule has 1 atom stereocenters. The lowest BCUT2D eigenvalue weighted by molar-refractivity contribution is -0.115. The van der Waals surface area contributed by atoms with Gasteiger partial charge in [-0.05, 0) is 92.3 Å². The number of carbonyl (C=O) groups excluding carboxylic acids is 3. The number of carbonyl (C=O) groups is 3. The molecule has 240 valence electrons. The maximum Gasteiger partial charge on any atom is 0.272 e. The van der Waals surface area contributed by atoms with Crippen LogP contribution in [0.5, 0.6) is 11.5 Å². The molecule has 3 aromatic carbocycles. The summed E-state index contributed by atoms with van der Waals surface area (Å²) in [5.74, 6) is -0.184. The third-order valence-electron chi connectivity index (χ3n) is 7.54. The molecule has 0 saturated heterocycles. The van der Waals surface area contributed by atoms with Gasteiger partial charge in [-0.25, -0.2) is 0 Å². The molecule has 1 heterocycles. The van der Waals surface area contributed by atoms with Gasteiger partial charge in [-0.3, -0.25) is 14.4 Å². The van der Waals surface area contributed by atoms with Gasteiger partial charge in [0.05, 0.1) is 25.0 Å². The van der Waals surface area contributed by atoms with Gasteiger partial charge in [0, 0.05) is 21.0 Å². The Morgan fingerprint density at radius 1 is 0.936 bits per heavy atom. The zero-order valence-corrected chi connectivity index (χ0v) is 27.8. The number of rotatable bonds is 11. The van der Waals surface area contributed by atoms with E-state index < -0.39 is 17.1 Å². The van der Waals surface area contributed by atoms with Crippen LogP contribution in [0, 0.1) is 11.3 Å². The van der Waals surface area contributed by atoms with Crippen molar-refractivity contribution in [3.05, 3.63) is 106 Å². The molecule has 1 aliphatic carbocycles. The number of thiophene rings is 1. The number of ether oxygens (including phenoxy) is 2. The SMILES string of the molecule is COc1ccc(/C=C(/NC(=O)c2ccccc2)C(=O)Nc2cccc(SC(C)C(=O)Nc3sc4c(c3C#N)CCCC4)c2)cc1OC. The first-order valence-electron chi connectivity index (χ1n) is 15.0. The summed E-state index contributed by atoms with van der Waals surface area (Å²) in [6.07, 6.45) is 5.51. The largest absolute Gasteiger partial charge is 0.493 e. The van der Waals surface area contributed by atoms with Crippen LogP contribution in [-0.2, 0) is 22.4 Å². The highest BCUT2D eigenvalue weighted by Gasteiger charge is 2.24. The van der Waals surface area contributed by atoms with E-state index in [4.69, 9.17) is 9.47 Å². The molecule has 1 unspecified atom stereocenters. The van der Waals surface area contributed by atoms with Crippen molar-refractivity contribution < 1.29 is 23.9 Å². The quantitative estimate of drug-likeness (QED) is 0.116. The molecule has 3 N–H and O–H groups in total. The van der Waals surface area contributed by atoms with Crippen molar-refractivity contribution in [3.63, 3.8) is 0 Å². The fraction of sp³-hybridized carbons (Fsp3) is 0.222. The first-order chi connectivity index (χ1) is 22.8. The van der Waals surface area contributed by atoms with Crippen LogP contribution in [0.15, 0.2) is 83.4 Å². The van der Waals surface area contributed by atoms with Gasteiger partial charge >= 0.3 is 0 Å². The first kappa shape index (κ1) is 33.3. The number of methoxy groups -OCH3 is 2. The predicted octanol–water partition coefficient (Wildman–Crippen LogP) is 7.04. The Morgan fingerprint density at radius 2 is 1.70 bits per heavy atom. The minimum absolute atomic E-state index is 0.0174. The van der Waals surface area contributed by atoms with Gasteiger partial charge in [-0.2, -0.15) is 5.26 Å². The van der Waals surface area contributed by atoms with Gasteiger partial charge in [0.1, 0.15) is 16.8 Å². The molecule has 47 heavy (non-hydrogen) atoms. The molecule has 1 aliphatic rings. The Kier molecular flexibility index (Phi) is 11.0. The van der Waals surface area contributed by atoms with Crippen LogP contribution in [0.3, 0.4) is 0 Å². The Bertz CT molecular complexity index is 1860. The Hall–Kier alpha value is -5.05. The van der Waals surface area contributed by atoms with Crippen molar-refractivity contribution in [2.24, 2.45) is 0 Å². The molecular weight excluding hydrogens is 633 g/mol. The third kappa shape index (κ3) is 8.22. The average molecular weight is 667 g/mol. The summed E-state index contributed by atoms with van der Waals surface area (Å²) in [7, 11) is 3.05. The van der Waals surface area contributed by atoms with E-state index in [1.165, 1.54) is 42.2 Å². The molecule has 0 aliphatic heterocycles. The third-order valence-corrected chi connectivity index (χ3v) is 9.84. The highest BCUT2D eigenvalue weighted by atomic mass is 32.2. The number of anilines is 2. The van der Waals surface area contributed by atoms with Crippen LogP contribution >= 0.6 is 23.1 Å². The molecule has 11 heteroatoms. The molecular formula is C36H34N4O5S2. The summed E-state index contributed by atoms with van der Waals surface area (Å²) >= 11 is 2.83. The Morgan fingerprint density at radius 3 is 2.45 bits per heavy atom. The van der Waals surface area contributed by atoms with Gasteiger partial charge in [-0.1, -0.05) is 30.3 Å². The zero-order chi connectivity index (χ0) is 33.3. The lowest BCUT2D eigenvalue weighted by Crippen LogP contribution is -2.30. The molecule has 9 nitrogen and oxygen atoms in total. The van der Waals surface area contributed by atoms with Crippen molar-refractivity contribution in [1.29, 1.82) is 5.26 Å². The number of nitrogens with one attached hydrogen (secondary N) is 3. The number of thioether (sulfide) groups is 1. The number of hydrogen-bond acceptors (Lipinski definition) is 8. The van der Waals surface area contributed by atoms with Crippen LogP contribution in [-0.4, -0.2) is 37.2 Å². The van der Waals surface area contributed by atoms with Crippen molar-refractivity contribution in [2.75, 3.05) is 24.9 Å². The monoisotopic (exact) mass is 666 g/mol. The molecule has 3 amide bonds. The van der Waals surface area contributed by atoms with E-state index >= 15 is 0 Å². The lowest BCUT2D eigenvalue weighted by Gasteiger charge is -2.14. The predicted molar refractivity (Wildman–Crippen MR) is 186 cm³/mol. The normalized spacial score (nSPS) is 13.0. The maximum absolute atomic E-state index is 13.6. The fourth-order valence-corrected chi connectivity index (χ4v) is 7.31. The summed E-state index contributed by atoms with van der Waals surface area (Å²) in [6, 6.07) is 23.2. The second kappa shape index (κ2) is 15.5. The number of aryl methyl sites for hydroxylation is 1. The molecule has 4 aromatic rings. The van der Waals surface area contributed by atoms with Gasteiger partial charge in [0.2, 0.25) is 5.91 Å². The van der Waals surface area contributed by atoms with Crippen LogP contribution < -0.4 is 25.4 Å². The van der Waals surface area contributed by atoms with E-state index in [2.05, 4.69) is 22.0 Å². The van der Waals surface area contributed by atoms with Crippen LogP contribution in [0.2, 0.25) is 0 Å². The van der Waals surface area contributed by atoms with Crippen LogP contribution in [0.1, 0.15) is 51.7 Å². The second-order valence-electron chi connectivity index (χ2n) is 10.8. The van der Waals surface area contributed by atoms with E-state index in [1.54, 1.807) is 79.7 Å². The fourth-order valence-electron chi connectivity index (χ4n) is 5.14. The summed E-state index contributed by atoms with van der Waals surface area (Å²) in [4.78, 5) is 41.8. The van der Waals surface area contributed by atoms with E-state index in [0.717, 1.165) is 36.1 Å². The summed E-state index contributed by atoms with van der Waals surface area (Å²) in [5.41, 5.74) is 3.16. The molecule has 0 fully saturated rings. The van der Waals surface area contributed by atoms with Crippen LogP contribution in [0.25, 0.3) is 6.08 Å². The van der Waals surface area contributed by atoms with Crippen molar-refractivity contribution >= 4 is 57.6 Å². The van der Waals surface area contributed by atoms with Gasteiger partial charge < -0.3 is 25.4 Å². The van der Waals surface area contributed by atoms with Gasteiger partial charge in [0.15, 0.2) is 11.5 Å². The van der Waals surface area contributed by atoms with Crippen molar-refractivity contribution in [1.82, 2.24) is 5.32 Å². The Labute approximate surface area is 282 Å². The van der Waals surface area contributed by atoms with Crippen molar-refractivity contribution in [3.8, 4) is 17.6 Å². The number of nitriles is 1. The number of nitrogens with zero attached hydrogens (tertiary/aromatic N) is 1. The van der Waals surface area contributed by atoms with E-state index in [9.17, 15) is 19.6 Å². The number of hydrogen-bond donors (Lipinski definition) is 3. The van der Waals surface area contributed by atoms with Gasteiger partial charge in [-0.15, -0.1) is 23.1 Å². The molecule has 0 saturated carbocycles. The summed E-state index contributed by atoms with van der Waals surface area (Å²) in [6.45, 7) is 1.80. The maximum atomic E-state index is 13.6. The number of benzene rings is 3. The van der Waals surface area contributed by atoms with Gasteiger partial charge in [0.25, 0.3) is 11.8 Å². The average Bonchev–Trinajstić information content (AvgIpc) is 3.45. The first-order valence-corrected chi connectivity index (χ1v) is 16.7. The summed E-state index contributed by atoms with van der Waals surface area (Å²) in [5, 5.41) is 18.5. The highest BCUT2D eigenvalue weighted by Crippen LogP contribution is 2.38. The molecule has 5 rings (SSSR count). The molecule has 1 aromatic heterocycles. The van der Waals surface area contributed by atoms with E-state index in [-0.39, 0.29) is 11.6 Å². The second-order valence-corrected chi connectivity index (χ2v) is 13.3. The number of fused-ring (bicyclic) bond motifs is 1. The zero-order valence-electron chi connectivity index (χ0n) is 26.2. The summed E-state index contributed by atoms with van der Waals surface area (Å²) < 4.78 is 10.7. The van der Waals surface area contributed by atoms with Crippen LogP contribution in [0.4, 0.5) is 10.7 Å². The topological polar surface area (TPSA) is 130 Å². The molecule has 0 spiro atoms.